The van der Waals surface area contributed by atoms with Crippen molar-refractivity contribution in [2.75, 3.05) is 28.4 Å². The summed E-state index contributed by atoms with van der Waals surface area (Å²) in [5.74, 6) is 1.12. The summed E-state index contributed by atoms with van der Waals surface area (Å²) in [6.45, 7) is 0. The molecule has 9 nitrogen and oxygen atoms in total. The third-order valence-electron chi connectivity index (χ3n) is 6.41. The average molecular weight is 504 g/mol. The van der Waals surface area contributed by atoms with E-state index < -0.39 is 11.9 Å². The molecule has 0 saturated carbocycles. The van der Waals surface area contributed by atoms with Crippen LogP contribution in [-0.4, -0.2) is 45.3 Å². The summed E-state index contributed by atoms with van der Waals surface area (Å²) in [6.07, 6.45) is 1.60. The van der Waals surface area contributed by atoms with Gasteiger partial charge in [0.15, 0.2) is 28.8 Å². The van der Waals surface area contributed by atoms with Crippen LogP contribution in [0.5, 0.6) is 40.2 Å². The van der Waals surface area contributed by atoms with Crippen molar-refractivity contribution >= 4 is 17.8 Å². The Labute approximate surface area is 212 Å². The minimum absolute atomic E-state index is 0.0244. The number of fused-ring (bicyclic) bond motifs is 3. The predicted octanol–water partition coefficient (Wildman–Crippen LogP) is 4.48. The summed E-state index contributed by atoms with van der Waals surface area (Å²) >= 11 is 0. The van der Waals surface area contributed by atoms with Gasteiger partial charge in [0, 0.05) is 23.1 Å². The van der Waals surface area contributed by atoms with Gasteiger partial charge in [0.1, 0.15) is 17.2 Å². The van der Waals surface area contributed by atoms with E-state index in [1.54, 1.807) is 42.5 Å². The first kappa shape index (κ1) is 24.1. The number of hydrogen-bond acceptors (Lipinski definition) is 9. The predicted molar refractivity (Wildman–Crippen MR) is 132 cm³/mol. The lowest BCUT2D eigenvalue weighted by Gasteiger charge is -2.26. The summed E-state index contributed by atoms with van der Waals surface area (Å²) in [6, 6.07) is 11.4. The Morgan fingerprint density at radius 2 is 1.54 bits per heavy atom. The highest BCUT2D eigenvalue weighted by Gasteiger charge is 2.39. The zero-order chi connectivity index (χ0) is 26.3. The van der Waals surface area contributed by atoms with E-state index in [-0.39, 0.29) is 29.5 Å². The fraction of sp³-hybridized carbons (Fsp3) is 0.214. The standard InChI is InChI=1S/C28H24O9/c1-32-20-13-23(35-4)22(34-3)10-15(20)11-24-27(31)16-6-8-19-26(28(16)37-24)17(12-25(30)36-19)14-5-7-18(29)21(9-14)33-2/h5-11,13,17,29H,12H2,1-4H3/b24-11-/t17-/m1/s1. The zero-order valence-electron chi connectivity index (χ0n) is 20.6. The highest BCUT2D eigenvalue weighted by atomic mass is 16.5. The van der Waals surface area contributed by atoms with Gasteiger partial charge in [-0.15, -0.1) is 0 Å². The van der Waals surface area contributed by atoms with Crippen LogP contribution in [0.3, 0.4) is 0 Å². The molecule has 0 bridgehead atoms. The molecule has 0 aliphatic carbocycles. The van der Waals surface area contributed by atoms with Crippen molar-refractivity contribution in [2.24, 2.45) is 0 Å². The van der Waals surface area contributed by atoms with Gasteiger partial charge in [-0.3, -0.25) is 9.59 Å². The summed E-state index contributed by atoms with van der Waals surface area (Å²) in [7, 11) is 5.99. The van der Waals surface area contributed by atoms with E-state index in [0.29, 0.717) is 51.0 Å². The third kappa shape index (κ3) is 4.08. The zero-order valence-corrected chi connectivity index (χ0v) is 20.6. The Kier molecular flexibility index (Phi) is 6.12. The minimum atomic E-state index is -0.483. The second kappa shape index (κ2) is 9.42. The number of allylic oxidation sites excluding steroid dienone is 1. The number of Topliss-reactive ketones (excluding diaryl/α,β-unsaturated/α-hetero) is 1. The van der Waals surface area contributed by atoms with Gasteiger partial charge in [-0.25, -0.2) is 0 Å². The molecule has 0 saturated heterocycles. The number of esters is 1. The molecule has 9 heteroatoms. The van der Waals surface area contributed by atoms with Crippen molar-refractivity contribution in [3.8, 4) is 40.2 Å². The van der Waals surface area contributed by atoms with Gasteiger partial charge < -0.3 is 33.5 Å². The Morgan fingerprint density at radius 1 is 0.838 bits per heavy atom. The van der Waals surface area contributed by atoms with E-state index >= 15 is 0 Å². The average Bonchev–Trinajstić information content (AvgIpc) is 3.22. The lowest BCUT2D eigenvalue weighted by molar-refractivity contribution is -0.135. The number of methoxy groups -OCH3 is 4. The maximum Gasteiger partial charge on any atom is 0.312 e. The number of phenols is 1. The maximum atomic E-state index is 13.4. The molecule has 0 unspecified atom stereocenters. The van der Waals surface area contributed by atoms with Crippen LogP contribution in [0.4, 0.5) is 0 Å². The molecular formula is C28H24O9. The van der Waals surface area contributed by atoms with E-state index in [1.165, 1.54) is 34.5 Å². The molecule has 190 valence electrons. The number of hydrogen-bond donors (Lipinski definition) is 1. The maximum absolute atomic E-state index is 13.4. The fourth-order valence-corrected chi connectivity index (χ4v) is 4.61. The molecule has 1 N–H and O–H groups in total. The van der Waals surface area contributed by atoms with Crippen molar-refractivity contribution in [1.29, 1.82) is 0 Å². The highest BCUT2D eigenvalue weighted by Crippen LogP contribution is 2.50. The fourth-order valence-electron chi connectivity index (χ4n) is 4.61. The number of carbonyl (C=O) groups excluding carboxylic acids is 2. The van der Waals surface area contributed by atoms with Crippen LogP contribution >= 0.6 is 0 Å². The first-order valence-electron chi connectivity index (χ1n) is 11.4. The number of phenolic OH excluding ortho intramolecular Hbond substituents is 1. The number of rotatable bonds is 6. The minimum Gasteiger partial charge on any atom is -0.504 e. The third-order valence-corrected chi connectivity index (χ3v) is 6.41. The molecule has 2 aliphatic heterocycles. The molecule has 0 spiro atoms. The van der Waals surface area contributed by atoms with Crippen LogP contribution in [0, 0.1) is 0 Å². The summed E-state index contributed by atoms with van der Waals surface area (Å²) < 4.78 is 33.1. The van der Waals surface area contributed by atoms with Crippen molar-refractivity contribution in [1.82, 2.24) is 0 Å². The number of carbonyl (C=O) groups is 2. The smallest absolute Gasteiger partial charge is 0.312 e. The van der Waals surface area contributed by atoms with Crippen molar-refractivity contribution in [3.05, 3.63) is 70.5 Å². The molecule has 1 atom stereocenters. The Morgan fingerprint density at radius 3 is 2.24 bits per heavy atom. The molecule has 5 rings (SSSR count). The topological polar surface area (TPSA) is 110 Å². The van der Waals surface area contributed by atoms with Gasteiger partial charge in [-0.1, -0.05) is 6.07 Å². The van der Waals surface area contributed by atoms with Crippen LogP contribution in [0.1, 0.15) is 39.4 Å². The van der Waals surface area contributed by atoms with Gasteiger partial charge in [0.25, 0.3) is 0 Å². The number of ether oxygens (including phenoxy) is 6. The van der Waals surface area contributed by atoms with Crippen LogP contribution < -0.4 is 28.4 Å². The molecule has 3 aromatic carbocycles. The Hall–Kier alpha value is -4.66. The summed E-state index contributed by atoms with van der Waals surface area (Å²) in [4.78, 5) is 25.8. The lowest BCUT2D eigenvalue weighted by Crippen LogP contribution is -2.21. The molecule has 0 radical (unpaired) electrons. The first-order chi connectivity index (χ1) is 17.9. The largest absolute Gasteiger partial charge is 0.504 e. The summed E-state index contributed by atoms with van der Waals surface area (Å²) in [5.41, 5.74) is 2.17. The van der Waals surface area contributed by atoms with Crippen molar-refractivity contribution < 1.29 is 43.1 Å². The normalized spacial score (nSPS) is 17.0. The molecule has 0 fully saturated rings. The summed E-state index contributed by atoms with van der Waals surface area (Å²) in [5, 5.41) is 10.0. The van der Waals surface area contributed by atoms with Crippen LogP contribution in [0.15, 0.2) is 48.2 Å². The second-order valence-corrected chi connectivity index (χ2v) is 8.41. The van der Waals surface area contributed by atoms with E-state index in [2.05, 4.69) is 0 Å². The molecule has 0 aromatic heterocycles. The van der Waals surface area contributed by atoms with Gasteiger partial charge in [0.2, 0.25) is 5.78 Å². The number of benzene rings is 3. The Balaban J connectivity index is 1.61. The first-order valence-corrected chi connectivity index (χ1v) is 11.4. The van der Waals surface area contributed by atoms with Gasteiger partial charge in [0.05, 0.1) is 40.4 Å². The second-order valence-electron chi connectivity index (χ2n) is 8.41. The Bertz CT molecular complexity index is 1450. The lowest BCUT2D eigenvalue weighted by atomic mass is 9.84. The van der Waals surface area contributed by atoms with Gasteiger partial charge >= 0.3 is 5.97 Å². The molecular weight excluding hydrogens is 480 g/mol. The van der Waals surface area contributed by atoms with Crippen LogP contribution in [0.2, 0.25) is 0 Å². The van der Waals surface area contributed by atoms with Gasteiger partial charge in [-0.2, -0.15) is 0 Å². The van der Waals surface area contributed by atoms with Gasteiger partial charge in [-0.05, 0) is 42.0 Å². The van der Waals surface area contributed by atoms with Crippen molar-refractivity contribution in [2.45, 2.75) is 12.3 Å². The molecule has 3 aromatic rings. The van der Waals surface area contributed by atoms with Crippen LogP contribution in [-0.2, 0) is 4.79 Å². The number of aromatic hydroxyl groups is 1. The van der Waals surface area contributed by atoms with E-state index in [4.69, 9.17) is 28.4 Å². The molecule has 2 aliphatic rings. The quantitative estimate of drug-likeness (QED) is 0.295. The molecule has 0 amide bonds. The highest BCUT2D eigenvalue weighted by molar-refractivity contribution is 6.15. The van der Waals surface area contributed by atoms with E-state index in [9.17, 15) is 14.7 Å². The van der Waals surface area contributed by atoms with Crippen molar-refractivity contribution in [3.63, 3.8) is 0 Å². The molecule has 2 heterocycles. The SMILES string of the molecule is COc1cc([C@H]2CC(=O)Oc3ccc4c(c32)O/C(=C\c2cc(OC)c(OC)cc2OC)C4=O)ccc1O. The van der Waals surface area contributed by atoms with E-state index in [1.807, 2.05) is 0 Å². The number of ketones is 1. The molecule has 37 heavy (non-hydrogen) atoms. The van der Waals surface area contributed by atoms with Crippen LogP contribution in [0.25, 0.3) is 6.08 Å². The van der Waals surface area contributed by atoms with E-state index in [0.717, 1.165) is 0 Å². The monoisotopic (exact) mass is 504 g/mol.